The molecule has 0 aliphatic rings. The standard InChI is InChI=1S/C55H90O6/c1-4-7-10-13-16-19-22-25-27-28-31-33-36-39-42-45-48-54(57)60-51-52(50-59-53(56)47-44-41-38-35-32-29-24-21-18-15-12-9-6-3)61-55(58)49-46-43-40-37-34-30-26-23-20-17-14-11-8-5-2/h7,9-10,12,15-16,18-19,21,24-25,27,30-31,33-34,52H,4-6,8,11,13-14,17,20,22-23,26,28-29,32,35-51H2,1-3H3/b10-7-,12-9-,18-15-,19-16-,24-21-,27-25-,33-31-,34-30-. The van der Waals surface area contributed by atoms with E-state index in [0.29, 0.717) is 19.3 Å². The number of carbonyl (C=O) groups is 3. The molecule has 0 radical (unpaired) electrons. The monoisotopic (exact) mass is 847 g/mol. The van der Waals surface area contributed by atoms with Gasteiger partial charge >= 0.3 is 17.9 Å². The minimum absolute atomic E-state index is 0.106. The van der Waals surface area contributed by atoms with Gasteiger partial charge in [-0.1, -0.05) is 189 Å². The lowest BCUT2D eigenvalue weighted by molar-refractivity contribution is -0.167. The summed E-state index contributed by atoms with van der Waals surface area (Å²) < 4.78 is 16.7. The molecule has 0 saturated carbocycles. The molecule has 1 unspecified atom stereocenters. The molecule has 0 saturated heterocycles. The fraction of sp³-hybridized carbons (Fsp3) is 0.655. The first kappa shape index (κ1) is 57.3. The molecule has 0 heterocycles. The fourth-order valence-electron chi connectivity index (χ4n) is 6.43. The van der Waals surface area contributed by atoms with Crippen LogP contribution < -0.4 is 0 Å². The maximum absolute atomic E-state index is 12.8. The number of esters is 3. The van der Waals surface area contributed by atoms with E-state index >= 15 is 0 Å². The average molecular weight is 847 g/mol. The van der Waals surface area contributed by atoms with Gasteiger partial charge in [-0.05, 0) is 103 Å². The summed E-state index contributed by atoms with van der Waals surface area (Å²) in [4.78, 5) is 37.9. The van der Waals surface area contributed by atoms with Gasteiger partial charge in [-0.2, -0.15) is 0 Å². The highest BCUT2D eigenvalue weighted by Gasteiger charge is 2.19. The van der Waals surface area contributed by atoms with Gasteiger partial charge in [0.2, 0.25) is 0 Å². The minimum atomic E-state index is -0.807. The molecule has 0 aliphatic carbocycles. The number of ether oxygens (including phenoxy) is 3. The first-order chi connectivity index (χ1) is 30.0. The molecule has 6 heteroatoms. The Hall–Kier alpha value is -3.67. The van der Waals surface area contributed by atoms with Crippen molar-refractivity contribution in [3.8, 4) is 0 Å². The molecule has 61 heavy (non-hydrogen) atoms. The van der Waals surface area contributed by atoms with Gasteiger partial charge in [0, 0.05) is 19.3 Å². The molecule has 6 nitrogen and oxygen atoms in total. The molecular weight excluding hydrogens is 757 g/mol. The average Bonchev–Trinajstić information content (AvgIpc) is 3.26. The lowest BCUT2D eigenvalue weighted by Crippen LogP contribution is -2.30. The number of hydrogen-bond acceptors (Lipinski definition) is 6. The number of allylic oxidation sites excluding steroid dienone is 16. The van der Waals surface area contributed by atoms with Gasteiger partial charge in [0.25, 0.3) is 0 Å². The van der Waals surface area contributed by atoms with E-state index in [1.807, 2.05) is 0 Å². The molecule has 0 amide bonds. The molecule has 346 valence electrons. The Labute approximate surface area is 375 Å². The van der Waals surface area contributed by atoms with Crippen molar-refractivity contribution in [1.29, 1.82) is 0 Å². The second-order valence-electron chi connectivity index (χ2n) is 16.0. The van der Waals surface area contributed by atoms with Gasteiger partial charge < -0.3 is 14.2 Å². The lowest BCUT2D eigenvalue weighted by atomic mass is 10.1. The number of carbonyl (C=O) groups excluding carboxylic acids is 3. The van der Waals surface area contributed by atoms with Gasteiger partial charge in [0.1, 0.15) is 13.2 Å². The van der Waals surface area contributed by atoms with Gasteiger partial charge in [0.05, 0.1) is 0 Å². The number of hydrogen-bond donors (Lipinski definition) is 0. The predicted molar refractivity (Wildman–Crippen MR) is 260 cm³/mol. The first-order valence-corrected chi connectivity index (χ1v) is 24.8. The molecular formula is C55H90O6. The van der Waals surface area contributed by atoms with Crippen LogP contribution >= 0.6 is 0 Å². The highest BCUT2D eigenvalue weighted by Crippen LogP contribution is 2.13. The van der Waals surface area contributed by atoms with Crippen LogP contribution in [-0.4, -0.2) is 37.2 Å². The van der Waals surface area contributed by atoms with Gasteiger partial charge in [-0.25, -0.2) is 0 Å². The summed E-state index contributed by atoms with van der Waals surface area (Å²) >= 11 is 0. The first-order valence-electron chi connectivity index (χ1n) is 24.8. The Kier molecular flexibility index (Phi) is 46.0. The second kappa shape index (κ2) is 49.0. The Bertz CT molecular complexity index is 1250. The molecule has 0 aliphatic heterocycles. The van der Waals surface area contributed by atoms with Crippen LogP contribution in [0, 0.1) is 0 Å². The van der Waals surface area contributed by atoms with Crippen molar-refractivity contribution in [1.82, 2.24) is 0 Å². The topological polar surface area (TPSA) is 78.9 Å². The van der Waals surface area contributed by atoms with Crippen LogP contribution in [0.4, 0.5) is 0 Å². The van der Waals surface area contributed by atoms with E-state index in [1.54, 1.807) is 0 Å². The summed E-state index contributed by atoms with van der Waals surface area (Å²) in [5, 5.41) is 0. The maximum Gasteiger partial charge on any atom is 0.306 e. The van der Waals surface area contributed by atoms with Crippen LogP contribution in [0.2, 0.25) is 0 Å². The summed E-state index contributed by atoms with van der Waals surface area (Å²) in [7, 11) is 0. The van der Waals surface area contributed by atoms with Gasteiger partial charge in [-0.3, -0.25) is 14.4 Å². The smallest absolute Gasteiger partial charge is 0.306 e. The third-order valence-electron chi connectivity index (χ3n) is 10.1. The Morgan fingerprint density at radius 3 is 1.21 bits per heavy atom. The van der Waals surface area contributed by atoms with E-state index in [-0.39, 0.29) is 31.1 Å². The molecule has 0 aromatic rings. The van der Waals surface area contributed by atoms with Crippen LogP contribution in [0.3, 0.4) is 0 Å². The lowest BCUT2D eigenvalue weighted by Gasteiger charge is -2.18. The number of unbranched alkanes of at least 4 members (excludes halogenated alkanes) is 18. The summed E-state index contributed by atoms with van der Waals surface area (Å²) in [5.74, 6) is -0.978. The summed E-state index contributed by atoms with van der Waals surface area (Å²) in [6, 6.07) is 0. The quantitative estimate of drug-likeness (QED) is 0.0200. The van der Waals surface area contributed by atoms with Crippen molar-refractivity contribution in [3.05, 3.63) is 97.2 Å². The zero-order chi connectivity index (χ0) is 44.4. The van der Waals surface area contributed by atoms with Crippen molar-refractivity contribution in [2.75, 3.05) is 13.2 Å². The van der Waals surface area contributed by atoms with E-state index in [9.17, 15) is 14.4 Å². The molecule has 0 rings (SSSR count). The van der Waals surface area contributed by atoms with Gasteiger partial charge in [-0.15, -0.1) is 0 Å². The van der Waals surface area contributed by atoms with Crippen molar-refractivity contribution in [3.63, 3.8) is 0 Å². The highest BCUT2D eigenvalue weighted by molar-refractivity contribution is 5.71. The maximum atomic E-state index is 12.8. The van der Waals surface area contributed by atoms with E-state index in [1.165, 1.54) is 44.9 Å². The van der Waals surface area contributed by atoms with E-state index in [4.69, 9.17) is 14.2 Å². The third kappa shape index (κ3) is 47.2. The van der Waals surface area contributed by atoms with E-state index < -0.39 is 6.10 Å². The van der Waals surface area contributed by atoms with Crippen LogP contribution in [0.15, 0.2) is 97.2 Å². The molecule has 0 fully saturated rings. The molecule has 0 aromatic carbocycles. The highest BCUT2D eigenvalue weighted by atomic mass is 16.6. The predicted octanol–water partition coefficient (Wildman–Crippen LogP) is 16.2. The number of rotatable bonds is 43. The third-order valence-corrected chi connectivity index (χ3v) is 10.1. The van der Waals surface area contributed by atoms with Crippen LogP contribution in [0.25, 0.3) is 0 Å². The molecule has 0 spiro atoms. The van der Waals surface area contributed by atoms with Crippen molar-refractivity contribution >= 4 is 17.9 Å². The largest absolute Gasteiger partial charge is 0.462 e. The normalized spacial score (nSPS) is 12.9. The Morgan fingerprint density at radius 1 is 0.361 bits per heavy atom. The zero-order valence-electron chi connectivity index (χ0n) is 39.4. The Balaban J connectivity index is 4.50. The van der Waals surface area contributed by atoms with Crippen molar-refractivity contribution in [2.24, 2.45) is 0 Å². The second-order valence-corrected chi connectivity index (χ2v) is 16.0. The van der Waals surface area contributed by atoms with Crippen LogP contribution in [-0.2, 0) is 28.6 Å². The fourth-order valence-corrected chi connectivity index (χ4v) is 6.43. The van der Waals surface area contributed by atoms with E-state index in [2.05, 4.69) is 118 Å². The minimum Gasteiger partial charge on any atom is -0.462 e. The Morgan fingerprint density at radius 2 is 0.721 bits per heavy atom. The van der Waals surface area contributed by atoms with Crippen molar-refractivity contribution in [2.45, 2.75) is 219 Å². The van der Waals surface area contributed by atoms with Crippen LogP contribution in [0.5, 0.6) is 0 Å². The molecule has 1 atom stereocenters. The van der Waals surface area contributed by atoms with E-state index in [0.717, 1.165) is 128 Å². The molecule has 0 N–H and O–H groups in total. The SMILES string of the molecule is CC\C=C/C=C\C=C/CCCCCCCC(=O)OCC(COC(=O)CCCCC/C=C\C/C=C\C/C=C\C/C=C\CC)OC(=O)CCCCC/C=C\CCCCCCCCC. The summed E-state index contributed by atoms with van der Waals surface area (Å²) in [6.07, 6.45) is 63.9. The summed E-state index contributed by atoms with van der Waals surface area (Å²) in [5.41, 5.74) is 0. The molecule has 0 bridgehead atoms. The van der Waals surface area contributed by atoms with Crippen LogP contribution in [0.1, 0.15) is 213 Å². The summed E-state index contributed by atoms with van der Waals surface area (Å²) in [6.45, 7) is 6.31. The zero-order valence-corrected chi connectivity index (χ0v) is 39.4. The van der Waals surface area contributed by atoms with Gasteiger partial charge in [0.15, 0.2) is 6.10 Å². The van der Waals surface area contributed by atoms with Crippen molar-refractivity contribution < 1.29 is 28.6 Å². The molecule has 0 aromatic heterocycles.